The lowest BCUT2D eigenvalue weighted by molar-refractivity contribution is 0.331. The molecule has 1 aliphatic rings. The topological polar surface area (TPSA) is 92.8 Å². The van der Waals surface area contributed by atoms with Crippen LogP contribution >= 0.6 is 0 Å². The molecule has 0 saturated heterocycles. The maximum absolute atomic E-state index is 13.0. The Morgan fingerprint density at radius 1 is 1.03 bits per heavy atom. The molecule has 2 aromatic rings. The summed E-state index contributed by atoms with van der Waals surface area (Å²) in [5.74, 6) is 0.410. The van der Waals surface area contributed by atoms with Gasteiger partial charge in [-0.2, -0.15) is 4.31 Å². The van der Waals surface area contributed by atoms with E-state index in [9.17, 15) is 16.8 Å². The first kappa shape index (κ1) is 22.6. The molecule has 164 valence electrons. The molecule has 0 spiro atoms. The van der Waals surface area contributed by atoms with E-state index in [1.54, 1.807) is 37.3 Å². The average Bonchev–Trinajstić information content (AvgIpc) is 2.68. The number of fused-ring (bicyclic) bond motifs is 1. The second kappa shape index (κ2) is 8.95. The Hall–Kier alpha value is -2.10. The SMILES string of the molecule is CCCS(=O)(=O)N1CCc2ccc(NS(=O)(=O)c3cc(C)ccc3OCC)cc2C1. The van der Waals surface area contributed by atoms with Gasteiger partial charge in [0, 0.05) is 18.8 Å². The van der Waals surface area contributed by atoms with Gasteiger partial charge in [0.05, 0.1) is 12.4 Å². The number of nitrogens with one attached hydrogen (secondary N) is 1. The zero-order chi connectivity index (χ0) is 21.9. The van der Waals surface area contributed by atoms with Crippen LogP contribution in [0.1, 0.15) is 37.0 Å². The van der Waals surface area contributed by atoms with Crippen LogP contribution in [0.5, 0.6) is 5.75 Å². The number of benzene rings is 2. The van der Waals surface area contributed by atoms with Crippen LogP contribution in [-0.2, 0) is 33.0 Å². The predicted molar refractivity (Wildman–Crippen MR) is 118 cm³/mol. The summed E-state index contributed by atoms with van der Waals surface area (Å²) in [7, 11) is -7.18. The van der Waals surface area contributed by atoms with Crippen LogP contribution in [0.3, 0.4) is 0 Å². The van der Waals surface area contributed by atoms with Gasteiger partial charge in [0.2, 0.25) is 10.0 Å². The predicted octanol–water partition coefficient (Wildman–Crippen LogP) is 3.29. The summed E-state index contributed by atoms with van der Waals surface area (Å²) in [5.41, 5.74) is 3.05. The van der Waals surface area contributed by atoms with Gasteiger partial charge in [-0.3, -0.25) is 4.72 Å². The van der Waals surface area contributed by atoms with Crippen molar-refractivity contribution < 1.29 is 21.6 Å². The highest BCUT2D eigenvalue weighted by molar-refractivity contribution is 7.92. The summed E-state index contributed by atoms with van der Waals surface area (Å²) < 4.78 is 60.5. The summed E-state index contributed by atoms with van der Waals surface area (Å²) in [6.07, 6.45) is 1.17. The van der Waals surface area contributed by atoms with Crippen LogP contribution in [0, 0.1) is 6.92 Å². The zero-order valence-corrected chi connectivity index (χ0v) is 19.1. The fraction of sp³-hybridized carbons (Fsp3) is 0.429. The van der Waals surface area contributed by atoms with Gasteiger partial charge in [-0.25, -0.2) is 16.8 Å². The van der Waals surface area contributed by atoms with Gasteiger partial charge >= 0.3 is 0 Å². The second-order valence-corrected chi connectivity index (χ2v) is 11.1. The molecule has 3 rings (SSSR count). The zero-order valence-electron chi connectivity index (χ0n) is 17.5. The molecular formula is C21H28N2O5S2. The summed E-state index contributed by atoms with van der Waals surface area (Å²) in [5, 5.41) is 0. The lowest BCUT2D eigenvalue weighted by Gasteiger charge is -2.28. The lowest BCUT2D eigenvalue weighted by Crippen LogP contribution is -2.37. The van der Waals surface area contributed by atoms with Gasteiger partial charge in [0.15, 0.2) is 0 Å². The van der Waals surface area contributed by atoms with Crippen molar-refractivity contribution in [2.75, 3.05) is 23.6 Å². The summed E-state index contributed by atoms with van der Waals surface area (Å²) in [6, 6.07) is 10.3. The largest absolute Gasteiger partial charge is 0.492 e. The number of hydrogen-bond donors (Lipinski definition) is 1. The molecule has 9 heteroatoms. The maximum Gasteiger partial charge on any atom is 0.265 e. The molecule has 0 bridgehead atoms. The first-order valence-electron chi connectivity index (χ1n) is 10.0. The standard InChI is InChI=1S/C21H28N2O5S2/c1-4-12-29(24,25)23-11-10-17-7-8-19(14-18(17)15-23)22-30(26,27)21-13-16(3)6-9-20(21)28-5-2/h6-9,13-14,22H,4-5,10-12,15H2,1-3H3. The molecule has 7 nitrogen and oxygen atoms in total. The molecule has 0 saturated carbocycles. The van der Waals surface area contributed by atoms with Gasteiger partial charge in [-0.05, 0) is 67.6 Å². The lowest BCUT2D eigenvalue weighted by atomic mass is 10.0. The molecule has 0 amide bonds. The summed E-state index contributed by atoms with van der Waals surface area (Å²) in [4.78, 5) is 0.0780. The maximum atomic E-state index is 13.0. The number of hydrogen-bond acceptors (Lipinski definition) is 5. The molecule has 30 heavy (non-hydrogen) atoms. The van der Waals surface area contributed by atoms with E-state index in [4.69, 9.17) is 4.74 Å². The smallest absolute Gasteiger partial charge is 0.265 e. The molecule has 2 aromatic carbocycles. The number of ether oxygens (including phenoxy) is 1. The van der Waals surface area contributed by atoms with Crippen molar-refractivity contribution in [1.29, 1.82) is 0 Å². The van der Waals surface area contributed by atoms with Gasteiger partial charge in [-0.1, -0.05) is 19.1 Å². The van der Waals surface area contributed by atoms with E-state index in [0.717, 1.165) is 16.7 Å². The van der Waals surface area contributed by atoms with Crippen LogP contribution < -0.4 is 9.46 Å². The van der Waals surface area contributed by atoms with Crippen molar-refractivity contribution in [1.82, 2.24) is 4.31 Å². The van der Waals surface area contributed by atoms with E-state index >= 15 is 0 Å². The molecule has 1 aliphatic heterocycles. The quantitative estimate of drug-likeness (QED) is 0.663. The van der Waals surface area contributed by atoms with Crippen molar-refractivity contribution in [2.45, 2.75) is 45.1 Å². The minimum Gasteiger partial charge on any atom is -0.492 e. The van der Waals surface area contributed by atoms with E-state index in [1.807, 2.05) is 19.9 Å². The van der Waals surface area contributed by atoms with Gasteiger partial charge in [0.1, 0.15) is 10.6 Å². The van der Waals surface area contributed by atoms with Crippen LogP contribution in [0.2, 0.25) is 0 Å². The molecular weight excluding hydrogens is 424 g/mol. The van der Waals surface area contributed by atoms with Crippen LogP contribution in [-0.4, -0.2) is 40.0 Å². The molecule has 0 radical (unpaired) electrons. The van der Waals surface area contributed by atoms with Gasteiger partial charge in [0.25, 0.3) is 10.0 Å². The van der Waals surface area contributed by atoms with E-state index in [0.29, 0.717) is 37.4 Å². The van der Waals surface area contributed by atoms with Gasteiger partial charge in [-0.15, -0.1) is 0 Å². The first-order valence-corrected chi connectivity index (χ1v) is 13.1. The van der Waals surface area contributed by atoms with Gasteiger partial charge < -0.3 is 4.74 Å². The van der Waals surface area contributed by atoms with Crippen molar-refractivity contribution in [2.24, 2.45) is 0 Å². The summed E-state index contributed by atoms with van der Waals surface area (Å²) in [6.45, 7) is 6.50. The van der Waals surface area contributed by atoms with Crippen LogP contribution in [0.4, 0.5) is 5.69 Å². The molecule has 0 aliphatic carbocycles. The monoisotopic (exact) mass is 452 g/mol. The van der Waals surface area contributed by atoms with Crippen molar-refractivity contribution >= 4 is 25.7 Å². The Morgan fingerprint density at radius 3 is 2.50 bits per heavy atom. The Morgan fingerprint density at radius 2 is 1.80 bits per heavy atom. The first-order chi connectivity index (χ1) is 14.2. The Balaban J connectivity index is 1.88. The van der Waals surface area contributed by atoms with E-state index in [-0.39, 0.29) is 17.2 Å². The molecule has 0 atom stereocenters. The highest BCUT2D eigenvalue weighted by Gasteiger charge is 2.27. The third-order valence-corrected chi connectivity index (χ3v) is 8.40. The number of rotatable bonds is 8. The molecule has 1 heterocycles. The van der Waals surface area contributed by atoms with E-state index in [1.165, 1.54) is 4.31 Å². The van der Waals surface area contributed by atoms with Crippen LogP contribution in [0.15, 0.2) is 41.3 Å². The number of aryl methyl sites for hydroxylation is 1. The van der Waals surface area contributed by atoms with Crippen molar-refractivity contribution in [3.8, 4) is 5.75 Å². The number of sulfonamides is 2. The fourth-order valence-electron chi connectivity index (χ4n) is 3.53. The van der Waals surface area contributed by atoms with Crippen molar-refractivity contribution in [3.05, 3.63) is 53.1 Å². The molecule has 1 N–H and O–H groups in total. The Labute approximate surface area is 179 Å². The van der Waals surface area contributed by atoms with Crippen LogP contribution in [0.25, 0.3) is 0 Å². The fourth-order valence-corrected chi connectivity index (χ4v) is 6.29. The highest BCUT2D eigenvalue weighted by Crippen LogP contribution is 2.29. The Bertz CT molecular complexity index is 1130. The number of anilines is 1. The highest BCUT2D eigenvalue weighted by atomic mass is 32.2. The minimum atomic E-state index is -3.87. The Kier molecular flexibility index (Phi) is 6.74. The normalized spacial score (nSPS) is 14.9. The average molecular weight is 453 g/mol. The van der Waals surface area contributed by atoms with E-state index in [2.05, 4.69) is 4.72 Å². The minimum absolute atomic E-state index is 0.0780. The molecule has 0 aromatic heterocycles. The number of nitrogens with zero attached hydrogens (tertiary/aromatic N) is 1. The molecule has 0 fully saturated rings. The molecule has 0 unspecified atom stereocenters. The second-order valence-electron chi connectivity index (χ2n) is 7.37. The summed E-state index contributed by atoms with van der Waals surface area (Å²) >= 11 is 0. The van der Waals surface area contributed by atoms with Crippen molar-refractivity contribution in [3.63, 3.8) is 0 Å². The van der Waals surface area contributed by atoms with E-state index < -0.39 is 20.0 Å². The third-order valence-electron chi connectivity index (χ3n) is 4.98. The third kappa shape index (κ3) is 4.96.